The van der Waals surface area contributed by atoms with Gasteiger partial charge in [-0.3, -0.25) is 9.78 Å². The molecule has 0 fully saturated rings. The molecule has 2 rings (SSSR count). The molecule has 7 heteroatoms. The SMILES string of the molecule is COCCn1cnnc1[C@H](C)NC(=O)c1ccncc1C. The van der Waals surface area contributed by atoms with Crippen molar-refractivity contribution in [3.8, 4) is 0 Å². The van der Waals surface area contributed by atoms with E-state index in [1.54, 1.807) is 31.9 Å². The van der Waals surface area contributed by atoms with Gasteiger partial charge in [0.15, 0.2) is 5.82 Å². The summed E-state index contributed by atoms with van der Waals surface area (Å²) in [7, 11) is 1.64. The van der Waals surface area contributed by atoms with Gasteiger partial charge >= 0.3 is 0 Å². The summed E-state index contributed by atoms with van der Waals surface area (Å²) in [6, 6.07) is 1.46. The zero-order valence-electron chi connectivity index (χ0n) is 12.4. The standard InChI is InChI=1S/C14H19N5O2/c1-10-8-15-5-4-12(10)14(20)17-11(2)13-18-16-9-19(13)6-7-21-3/h4-5,8-9,11H,6-7H2,1-3H3,(H,17,20)/t11-/m0/s1. The van der Waals surface area contributed by atoms with Gasteiger partial charge in [-0.1, -0.05) is 0 Å². The van der Waals surface area contributed by atoms with Crippen molar-refractivity contribution in [2.24, 2.45) is 0 Å². The average molecular weight is 289 g/mol. The average Bonchev–Trinajstić information content (AvgIpc) is 2.93. The second-order valence-electron chi connectivity index (χ2n) is 4.76. The minimum atomic E-state index is -0.246. The molecule has 7 nitrogen and oxygen atoms in total. The first-order valence-electron chi connectivity index (χ1n) is 6.71. The Bertz CT molecular complexity index is 611. The van der Waals surface area contributed by atoms with Crippen LogP contribution in [0.25, 0.3) is 0 Å². The van der Waals surface area contributed by atoms with Gasteiger partial charge in [-0.15, -0.1) is 10.2 Å². The van der Waals surface area contributed by atoms with Crippen molar-refractivity contribution in [1.82, 2.24) is 25.1 Å². The highest BCUT2D eigenvalue weighted by atomic mass is 16.5. The third-order valence-electron chi connectivity index (χ3n) is 3.18. The van der Waals surface area contributed by atoms with Gasteiger partial charge in [-0.25, -0.2) is 0 Å². The number of aryl methyl sites for hydroxylation is 1. The first kappa shape index (κ1) is 15.1. The fourth-order valence-electron chi connectivity index (χ4n) is 2.03. The minimum absolute atomic E-state index is 0.149. The Morgan fingerprint density at radius 2 is 2.33 bits per heavy atom. The van der Waals surface area contributed by atoms with E-state index in [1.807, 2.05) is 18.4 Å². The fraction of sp³-hybridized carbons (Fsp3) is 0.429. The smallest absolute Gasteiger partial charge is 0.252 e. The van der Waals surface area contributed by atoms with E-state index in [0.29, 0.717) is 24.5 Å². The highest BCUT2D eigenvalue weighted by molar-refractivity contribution is 5.95. The van der Waals surface area contributed by atoms with Crippen LogP contribution in [-0.4, -0.2) is 39.4 Å². The number of rotatable bonds is 6. The molecule has 21 heavy (non-hydrogen) atoms. The molecule has 1 atom stereocenters. The maximum absolute atomic E-state index is 12.3. The number of pyridine rings is 1. The second kappa shape index (κ2) is 6.94. The van der Waals surface area contributed by atoms with Gasteiger partial charge in [0.2, 0.25) is 0 Å². The van der Waals surface area contributed by atoms with E-state index in [0.717, 1.165) is 5.56 Å². The number of methoxy groups -OCH3 is 1. The first-order chi connectivity index (χ1) is 10.1. The van der Waals surface area contributed by atoms with Crippen LogP contribution in [0, 0.1) is 6.92 Å². The lowest BCUT2D eigenvalue weighted by atomic mass is 10.1. The molecule has 2 aromatic rings. The molecule has 0 aromatic carbocycles. The summed E-state index contributed by atoms with van der Waals surface area (Å²) in [5.74, 6) is 0.552. The fourth-order valence-corrected chi connectivity index (χ4v) is 2.03. The van der Waals surface area contributed by atoms with Crippen molar-refractivity contribution < 1.29 is 9.53 Å². The number of hydrogen-bond donors (Lipinski definition) is 1. The third kappa shape index (κ3) is 3.63. The van der Waals surface area contributed by atoms with E-state index in [4.69, 9.17) is 4.74 Å². The largest absolute Gasteiger partial charge is 0.383 e. The molecule has 0 spiro atoms. The molecule has 2 heterocycles. The predicted octanol–water partition coefficient (Wildman–Crippen LogP) is 1.12. The van der Waals surface area contributed by atoms with Crippen LogP contribution < -0.4 is 5.32 Å². The van der Waals surface area contributed by atoms with E-state index in [1.165, 1.54) is 0 Å². The van der Waals surface area contributed by atoms with Crippen molar-refractivity contribution in [1.29, 1.82) is 0 Å². The number of nitrogens with zero attached hydrogens (tertiary/aromatic N) is 4. The Kier molecular flexibility index (Phi) is 4.99. The highest BCUT2D eigenvalue weighted by Gasteiger charge is 2.17. The maximum atomic E-state index is 12.3. The lowest BCUT2D eigenvalue weighted by molar-refractivity contribution is 0.0936. The number of carbonyl (C=O) groups excluding carboxylic acids is 1. The van der Waals surface area contributed by atoms with Crippen molar-refractivity contribution in [2.45, 2.75) is 26.4 Å². The third-order valence-corrected chi connectivity index (χ3v) is 3.18. The Morgan fingerprint density at radius 3 is 3.05 bits per heavy atom. The monoisotopic (exact) mass is 289 g/mol. The molecule has 0 saturated carbocycles. The number of hydrogen-bond acceptors (Lipinski definition) is 5. The van der Waals surface area contributed by atoms with Gasteiger partial charge < -0.3 is 14.6 Å². The molecule has 0 radical (unpaired) electrons. The molecule has 0 unspecified atom stereocenters. The molecule has 1 N–H and O–H groups in total. The number of amides is 1. The zero-order valence-corrected chi connectivity index (χ0v) is 12.4. The summed E-state index contributed by atoms with van der Waals surface area (Å²) in [6.07, 6.45) is 4.91. The van der Waals surface area contributed by atoms with Crippen LogP contribution in [0.15, 0.2) is 24.8 Å². The molecule has 0 aliphatic heterocycles. The van der Waals surface area contributed by atoms with E-state index in [-0.39, 0.29) is 11.9 Å². The van der Waals surface area contributed by atoms with E-state index in [9.17, 15) is 4.79 Å². The van der Waals surface area contributed by atoms with Crippen LogP contribution in [0.1, 0.15) is 34.7 Å². The van der Waals surface area contributed by atoms with Gasteiger partial charge in [-0.05, 0) is 25.5 Å². The summed E-state index contributed by atoms with van der Waals surface area (Å²) in [5, 5.41) is 10.9. The van der Waals surface area contributed by atoms with Gasteiger partial charge in [-0.2, -0.15) is 0 Å². The molecular weight excluding hydrogens is 270 g/mol. The number of ether oxygens (including phenoxy) is 1. The summed E-state index contributed by atoms with van der Waals surface area (Å²) in [5.41, 5.74) is 1.45. The molecular formula is C14H19N5O2. The number of carbonyl (C=O) groups is 1. The van der Waals surface area contributed by atoms with Gasteiger partial charge in [0.05, 0.1) is 12.6 Å². The molecule has 0 saturated heterocycles. The second-order valence-corrected chi connectivity index (χ2v) is 4.76. The maximum Gasteiger partial charge on any atom is 0.252 e. The van der Waals surface area contributed by atoms with Crippen LogP contribution in [0.2, 0.25) is 0 Å². The molecule has 1 amide bonds. The Balaban J connectivity index is 2.08. The van der Waals surface area contributed by atoms with Crippen LogP contribution >= 0.6 is 0 Å². The molecule has 0 bridgehead atoms. The van der Waals surface area contributed by atoms with E-state index >= 15 is 0 Å². The van der Waals surface area contributed by atoms with Gasteiger partial charge in [0.25, 0.3) is 5.91 Å². The summed E-state index contributed by atoms with van der Waals surface area (Å²) >= 11 is 0. The topological polar surface area (TPSA) is 81.9 Å². The Morgan fingerprint density at radius 1 is 1.52 bits per heavy atom. The van der Waals surface area contributed by atoms with Crippen LogP contribution in [0.4, 0.5) is 0 Å². The molecule has 2 aromatic heterocycles. The minimum Gasteiger partial charge on any atom is -0.383 e. The predicted molar refractivity (Wildman–Crippen MR) is 76.8 cm³/mol. The Labute approximate surface area is 123 Å². The molecule has 0 aliphatic rings. The van der Waals surface area contributed by atoms with Gasteiger partial charge in [0.1, 0.15) is 6.33 Å². The van der Waals surface area contributed by atoms with Gasteiger partial charge in [0, 0.05) is 31.6 Å². The quantitative estimate of drug-likeness (QED) is 0.861. The van der Waals surface area contributed by atoms with Crippen molar-refractivity contribution in [3.05, 3.63) is 41.7 Å². The molecule has 0 aliphatic carbocycles. The van der Waals surface area contributed by atoms with Crippen molar-refractivity contribution in [3.63, 3.8) is 0 Å². The van der Waals surface area contributed by atoms with Crippen LogP contribution in [0.5, 0.6) is 0 Å². The normalized spacial score (nSPS) is 12.1. The number of nitrogens with one attached hydrogen (secondary N) is 1. The van der Waals surface area contributed by atoms with Crippen LogP contribution in [0.3, 0.4) is 0 Å². The first-order valence-corrected chi connectivity index (χ1v) is 6.71. The van der Waals surface area contributed by atoms with Crippen molar-refractivity contribution in [2.75, 3.05) is 13.7 Å². The lowest BCUT2D eigenvalue weighted by Crippen LogP contribution is -2.29. The summed E-state index contributed by atoms with van der Waals surface area (Å²) < 4.78 is 6.91. The van der Waals surface area contributed by atoms with E-state index in [2.05, 4.69) is 20.5 Å². The molecule has 112 valence electrons. The van der Waals surface area contributed by atoms with E-state index < -0.39 is 0 Å². The lowest BCUT2D eigenvalue weighted by Gasteiger charge is -2.15. The van der Waals surface area contributed by atoms with Crippen LogP contribution in [-0.2, 0) is 11.3 Å². The highest BCUT2D eigenvalue weighted by Crippen LogP contribution is 2.12. The Hall–Kier alpha value is -2.28. The van der Waals surface area contributed by atoms with Crippen molar-refractivity contribution >= 4 is 5.91 Å². The summed E-state index contributed by atoms with van der Waals surface area (Å²) in [6.45, 7) is 4.94. The number of aromatic nitrogens is 4. The zero-order chi connectivity index (χ0) is 15.2. The summed E-state index contributed by atoms with van der Waals surface area (Å²) in [4.78, 5) is 16.3.